The second-order valence-electron chi connectivity index (χ2n) is 6.36. The van der Waals surface area contributed by atoms with Gasteiger partial charge in [-0.25, -0.2) is 9.50 Å². The van der Waals surface area contributed by atoms with Gasteiger partial charge in [-0.05, 0) is 32.9 Å². The maximum absolute atomic E-state index is 12.0. The van der Waals surface area contributed by atoms with E-state index < -0.39 is 5.41 Å². The Kier molecular flexibility index (Phi) is 4.96. The topological polar surface area (TPSA) is 71.3 Å². The van der Waals surface area contributed by atoms with Crippen molar-refractivity contribution < 1.29 is 4.79 Å². The first-order chi connectivity index (χ1) is 11.9. The quantitative estimate of drug-likeness (QED) is 0.687. The van der Waals surface area contributed by atoms with Gasteiger partial charge in [-0.2, -0.15) is 0 Å². The van der Waals surface area contributed by atoms with Gasteiger partial charge < -0.3 is 10.6 Å². The summed E-state index contributed by atoms with van der Waals surface area (Å²) in [6, 6.07) is 7.55. The van der Waals surface area contributed by atoms with Crippen LogP contribution in [0.2, 0.25) is 5.02 Å². The summed E-state index contributed by atoms with van der Waals surface area (Å²) < 4.78 is 1.75. The number of nitrogens with one attached hydrogen (secondary N) is 2. The van der Waals surface area contributed by atoms with E-state index >= 15 is 0 Å². The van der Waals surface area contributed by atoms with Crippen LogP contribution < -0.4 is 10.6 Å². The van der Waals surface area contributed by atoms with Crippen LogP contribution >= 0.6 is 22.9 Å². The highest BCUT2D eigenvalue weighted by Gasteiger charge is 2.27. The van der Waals surface area contributed by atoms with Gasteiger partial charge in [0.1, 0.15) is 0 Å². The van der Waals surface area contributed by atoms with Gasteiger partial charge in [0.05, 0.1) is 17.3 Å². The predicted octanol–water partition coefficient (Wildman–Crippen LogP) is 3.69. The van der Waals surface area contributed by atoms with E-state index in [1.807, 2.05) is 51.2 Å². The Bertz CT molecular complexity index is 853. The number of imidazole rings is 1. The number of amides is 1. The van der Waals surface area contributed by atoms with Gasteiger partial charge in [-0.1, -0.05) is 35.1 Å². The van der Waals surface area contributed by atoms with Crippen molar-refractivity contribution in [1.82, 2.24) is 19.9 Å². The summed E-state index contributed by atoms with van der Waals surface area (Å²) in [5, 5.41) is 12.0. The zero-order chi connectivity index (χ0) is 18.0. The normalized spacial score (nSPS) is 11.7. The molecule has 132 valence electrons. The summed E-state index contributed by atoms with van der Waals surface area (Å²) in [7, 11) is 0. The summed E-state index contributed by atoms with van der Waals surface area (Å²) in [6.45, 7) is 6.85. The first-order valence-corrected chi connectivity index (χ1v) is 9.23. The molecule has 2 N–H and O–H groups in total. The Hall–Kier alpha value is -2.12. The van der Waals surface area contributed by atoms with E-state index in [-0.39, 0.29) is 5.91 Å². The van der Waals surface area contributed by atoms with Gasteiger partial charge in [0, 0.05) is 23.7 Å². The summed E-state index contributed by atoms with van der Waals surface area (Å²) in [5.74, 6) is 0.0221. The molecule has 0 saturated heterocycles. The number of carbonyl (C=O) groups excluding carboxylic acids is 1. The van der Waals surface area contributed by atoms with Gasteiger partial charge >= 0.3 is 0 Å². The van der Waals surface area contributed by atoms with Crippen LogP contribution in [0.15, 0.2) is 30.5 Å². The number of rotatable bonds is 6. The average Bonchev–Trinajstić information content (AvgIpc) is 3.12. The van der Waals surface area contributed by atoms with Crippen LogP contribution in [-0.2, 0) is 4.79 Å². The number of aromatic nitrogens is 3. The molecular formula is C17H20ClN5OS. The van der Waals surface area contributed by atoms with Crippen molar-refractivity contribution in [3.8, 4) is 11.3 Å². The third kappa shape index (κ3) is 3.93. The maximum atomic E-state index is 12.0. The Labute approximate surface area is 155 Å². The lowest BCUT2D eigenvalue weighted by molar-refractivity contribution is -0.128. The Balaban J connectivity index is 1.71. The van der Waals surface area contributed by atoms with Crippen LogP contribution in [0.4, 0.5) is 5.13 Å². The van der Waals surface area contributed by atoms with Gasteiger partial charge in [0.2, 0.25) is 16.0 Å². The summed E-state index contributed by atoms with van der Waals surface area (Å²) >= 11 is 7.37. The first kappa shape index (κ1) is 17.7. The Morgan fingerprint density at radius 3 is 2.68 bits per heavy atom. The van der Waals surface area contributed by atoms with E-state index in [1.54, 1.807) is 4.52 Å². The largest absolute Gasteiger partial charge is 0.359 e. The lowest BCUT2D eigenvalue weighted by Gasteiger charge is -2.23. The Morgan fingerprint density at radius 1 is 1.32 bits per heavy atom. The molecule has 0 atom stereocenters. The molecule has 3 aromatic rings. The predicted molar refractivity (Wildman–Crippen MR) is 102 cm³/mol. The van der Waals surface area contributed by atoms with Gasteiger partial charge in [-0.3, -0.25) is 4.79 Å². The van der Waals surface area contributed by atoms with Crippen molar-refractivity contribution >= 4 is 38.9 Å². The van der Waals surface area contributed by atoms with Crippen molar-refractivity contribution in [2.75, 3.05) is 18.4 Å². The van der Waals surface area contributed by atoms with Crippen LogP contribution in [0.1, 0.15) is 20.8 Å². The van der Waals surface area contributed by atoms with Crippen molar-refractivity contribution in [2.24, 2.45) is 5.41 Å². The fourth-order valence-electron chi connectivity index (χ4n) is 2.31. The number of hydrogen-bond donors (Lipinski definition) is 2. The highest BCUT2D eigenvalue weighted by atomic mass is 35.5. The van der Waals surface area contributed by atoms with E-state index in [1.165, 1.54) is 11.3 Å². The van der Waals surface area contributed by atoms with Crippen LogP contribution in [0, 0.1) is 5.41 Å². The highest BCUT2D eigenvalue weighted by molar-refractivity contribution is 7.20. The molecule has 0 unspecified atom stereocenters. The molecule has 0 saturated carbocycles. The fraction of sp³-hybridized carbons (Fsp3) is 0.353. The molecule has 0 bridgehead atoms. The van der Waals surface area contributed by atoms with E-state index in [4.69, 9.17) is 11.6 Å². The lowest BCUT2D eigenvalue weighted by Crippen LogP contribution is -2.41. The lowest BCUT2D eigenvalue weighted by atomic mass is 9.92. The minimum atomic E-state index is -0.516. The molecule has 0 aliphatic carbocycles. The van der Waals surface area contributed by atoms with E-state index in [2.05, 4.69) is 20.7 Å². The van der Waals surface area contributed by atoms with E-state index in [9.17, 15) is 4.79 Å². The van der Waals surface area contributed by atoms with Crippen molar-refractivity contribution in [3.05, 3.63) is 35.5 Å². The molecule has 1 amide bonds. The zero-order valence-electron chi connectivity index (χ0n) is 14.3. The molecule has 0 aliphatic heterocycles. The molecule has 2 aromatic heterocycles. The number of fused-ring (bicyclic) bond motifs is 1. The third-order valence-electron chi connectivity index (χ3n) is 3.82. The summed E-state index contributed by atoms with van der Waals surface area (Å²) in [4.78, 5) is 17.4. The fourth-order valence-corrected chi connectivity index (χ4v) is 3.21. The van der Waals surface area contributed by atoms with Crippen molar-refractivity contribution in [3.63, 3.8) is 0 Å². The molecule has 2 heterocycles. The van der Waals surface area contributed by atoms with Crippen LogP contribution in [0.25, 0.3) is 16.2 Å². The standard InChI is InChI=1S/C17H20ClN5OS/c1-4-19-14(24)17(2,3)10-20-15-22-23-9-13(21-16(23)25-15)11-5-7-12(18)8-6-11/h5-9H,4,10H2,1-3H3,(H,19,24)(H,20,22). The minimum Gasteiger partial charge on any atom is -0.359 e. The Morgan fingerprint density at radius 2 is 2.04 bits per heavy atom. The summed E-state index contributed by atoms with van der Waals surface area (Å²) in [6.07, 6.45) is 1.88. The molecule has 0 aliphatic rings. The molecular weight excluding hydrogens is 358 g/mol. The molecule has 8 heteroatoms. The number of carbonyl (C=O) groups is 1. The molecule has 25 heavy (non-hydrogen) atoms. The molecule has 0 spiro atoms. The second-order valence-corrected chi connectivity index (χ2v) is 7.76. The molecule has 0 radical (unpaired) electrons. The van der Waals surface area contributed by atoms with Crippen molar-refractivity contribution in [2.45, 2.75) is 20.8 Å². The van der Waals surface area contributed by atoms with Crippen LogP contribution in [-0.4, -0.2) is 33.6 Å². The van der Waals surface area contributed by atoms with Gasteiger partial charge in [0.15, 0.2) is 0 Å². The van der Waals surface area contributed by atoms with E-state index in [0.29, 0.717) is 18.1 Å². The number of benzene rings is 1. The smallest absolute Gasteiger partial charge is 0.227 e. The SMILES string of the molecule is CCNC(=O)C(C)(C)CNc1nn2cc(-c3ccc(Cl)cc3)nc2s1. The summed E-state index contributed by atoms with van der Waals surface area (Å²) in [5.41, 5.74) is 1.33. The number of anilines is 1. The van der Waals surface area contributed by atoms with Crippen LogP contribution in [0.5, 0.6) is 0 Å². The van der Waals surface area contributed by atoms with Crippen molar-refractivity contribution in [1.29, 1.82) is 0 Å². The molecule has 6 nitrogen and oxygen atoms in total. The first-order valence-electron chi connectivity index (χ1n) is 8.03. The van der Waals surface area contributed by atoms with Crippen LogP contribution in [0.3, 0.4) is 0 Å². The minimum absolute atomic E-state index is 0.0221. The highest BCUT2D eigenvalue weighted by Crippen LogP contribution is 2.26. The van der Waals surface area contributed by atoms with E-state index in [0.717, 1.165) is 21.3 Å². The number of nitrogens with zero attached hydrogens (tertiary/aromatic N) is 3. The van der Waals surface area contributed by atoms with Gasteiger partial charge in [-0.15, -0.1) is 5.10 Å². The zero-order valence-corrected chi connectivity index (χ0v) is 15.9. The molecule has 3 rings (SSSR count). The number of hydrogen-bond acceptors (Lipinski definition) is 5. The second kappa shape index (κ2) is 7.01. The monoisotopic (exact) mass is 377 g/mol. The average molecular weight is 378 g/mol. The maximum Gasteiger partial charge on any atom is 0.227 e. The molecule has 0 fully saturated rings. The molecule has 1 aromatic carbocycles. The third-order valence-corrected chi connectivity index (χ3v) is 4.95. The number of halogens is 1. The van der Waals surface area contributed by atoms with Gasteiger partial charge in [0.25, 0.3) is 0 Å².